The van der Waals surface area contributed by atoms with Gasteiger partial charge in [-0.25, -0.2) is 51.4 Å². The van der Waals surface area contributed by atoms with E-state index in [4.69, 9.17) is 65.4 Å². The van der Waals surface area contributed by atoms with E-state index in [0.717, 1.165) is 15.7 Å². The lowest BCUT2D eigenvalue weighted by molar-refractivity contribution is -0.121. The van der Waals surface area contributed by atoms with Crippen molar-refractivity contribution in [1.82, 2.24) is 56.6 Å². The van der Waals surface area contributed by atoms with E-state index in [1.165, 1.54) is 17.3 Å². The van der Waals surface area contributed by atoms with Gasteiger partial charge >= 0.3 is 76.9 Å². The van der Waals surface area contributed by atoms with Crippen LogP contribution in [0.25, 0.3) is 0 Å². The maximum absolute atomic E-state index is 12.4. The van der Waals surface area contributed by atoms with Crippen LogP contribution in [-0.2, 0) is 91.7 Å². The Bertz CT molecular complexity index is 4260. The van der Waals surface area contributed by atoms with Gasteiger partial charge in [0.2, 0.25) is 17.7 Å². The molecule has 0 bridgehead atoms. The Hall–Kier alpha value is -7.25. The number of aliphatic hydroxyl groups excluding tert-OH is 4. The molecule has 15 atom stereocenters. The van der Waals surface area contributed by atoms with Gasteiger partial charge < -0.3 is 138 Å². The standard InChI is InChI=1S/C20H31N5O7.C20H31N4O17P3.C15H26N5O14P3/c1-20(2,3)32-19(30)23-8-6-15(28)22-7-4-5-12-10-25(18(29)24-17(12)21)16-9-13(27)14(11-26)31-16;1-20(2,3)39-19(29)22-8-6-15(26)21-7-4-5-12-10-24(18(28)23-17(12)27)16-9-13(25)14(38-16)11-37-43(33,34)41-44(35,36)40-42(30,31)32;16-4-3-12(22)18-5-1-2-9-7-20(15(23)19-14(9)17)13-6-10(21)11(32-13)8-31-36(27,28)34-37(29,30)33-35(24,25)26/h10,13-14,16-17,26-27H,6-9,11,21H2,1-3H3,(H,22,28)(H,23,30)(H,24,29);10,13-14,16,25H,6-9,11H2,1-3H3,(H,21,26)(H,22,29)(H,33,34)(H,35,36)(H,23,27,28)(H2,30,31,32);7,10-11,13-14,21H,3-6,8,16-17H2,(H,18,22)(H,19,23)(H,27,28)(H,29,30)(H2,24,25,26). The molecule has 9 amide bonds. The molecule has 1 aromatic heterocycles. The molecule has 15 unspecified atom stereocenters. The Morgan fingerprint density at radius 1 is 0.540 bits per heavy atom. The Labute approximate surface area is 640 Å². The average Bonchev–Trinajstić information content (AvgIpc) is 1.71. The highest BCUT2D eigenvalue weighted by molar-refractivity contribution is 7.67. The number of nitrogens with one attached hydrogen (secondary N) is 8. The van der Waals surface area contributed by atoms with Crippen LogP contribution in [0.4, 0.5) is 19.2 Å². The largest absolute Gasteiger partial charge is 0.490 e. The number of aromatic amines is 1. The summed E-state index contributed by atoms with van der Waals surface area (Å²) in [7, 11) is -33.6. The molecule has 3 fully saturated rings. The van der Waals surface area contributed by atoms with Crippen molar-refractivity contribution in [3.63, 3.8) is 0 Å². The van der Waals surface area contributed by atoms with E-state index in [1.807, 2.05) is 4.98 Å². The van der Waals surface area contributed by atoms with Crippen molar-refractivity contribution in [2.45, 2.75) is 159 Å². The quantitative estimate of drug-likeness (QED) is 0.0264. The minimum Gasteiger partial charge on any atom is -0.444 e. The molecule has 52 nitrogen and oxygen atoms in total. The number of amides is 9. The molecule has 113 heavy (non-hydrogen) atoms. The first kappa shape index (κ1) is 98.1. The molecule has 58 heteroatoms. The van der Waals surface area contributed by atoms with Crippen molar-refractivity contribution in [3.8, 4) is 35.5 Å². The van der Waals surface area contributed by atoms with Crippen LogP contribution in [0.5, 0.6) is 0 Å². The van der Waals surface area contributed by atoms with Gasteiger partial charge in [-0.3, -0.25) is 47.6 Å². The second-order valence-electron chi connectivity index (χ2n) is 25.4. The van der Waals surface area contributed by atoms with Gasteiger partial charge in [-0.1, -0.05) is 35.5 Å². The lowest BCUT2D eigenvalue weighted by Gasteiger charge is -2.32. The smallest absolute Gasteiger partial charge is 0.444 e. The molecule has 0 aliphatic carbocycles. The molecule has 5 aliphatic rings. The number of nitrogens with zero attached hydrogens (tertiary/aromatic N) is 3. The van der Waals surface area contributed by atoms with Gasteiger partial charge in [-0.2, -0.15) is 17.2 Å². The lowest BCUT2D eigenvalue weighted by atomic mass is 10.1. The van der Waals surface area contributed by atoms with Crippen LogP contribution >= 0.6 is 46.9 Å². The number of aromatic nitrogens is 2. The van der Waals surface area contributed by atoms with Crippen molar-refractivity contribution in [1.29, 1.82) is 0 Å². The first-order valence-electron chi connectivity index (χ1n) is 32.6. The van der Waals surface area contributed by atoms with E-state index in [-0.39, 0.29) is 107 Å². The Morgan fingerprint density at radius 3 is 1.27 bits per heavy atom. The monoisotopic (exact) mass is 1740 g/mol. The Morgan fingerprint density at radius 2 is 0.903 bits per heavy atom. The number of carbonyl (C=O) groups is 7. The molecule has 6 heterocycles. The summed E-state index contributed by atoms with van der Waals surface area (Å²) in [5, 5.41) is 56.9. The Kier molecular flexibility index (Phi) is 37.4. The lowest BCUT2D eigenvalue weighted by Crippen LogP contribution is -2.54. The van der Waals surface area contributed by atoms with Gasteiger partial charge in [0.05, 0.1) is 68.9 Å². The number of ether oxygens (including phenoxy) is 5. The molecule has 6 rings (SSSR count). The van der Waals surface area contributed by atoms with E-state index in [1.54, 1.807) is 41.5 Å². The first-order chi connectivity index (χ1) is 52.1. The van der Waals surface area contributed by atoms with Gasteiger partial charge in [0, 0.05) is 76.8 Å². The second-order valence-corrected chi connectivity index (χ2v) is 34.3. The molecule has 0 spiro atoms. The van der Waals surface area contributed by atoms with E-state index >= 15 is 0 Å². The number of rotatable bonds is 29. The number of phosphoric ester groups is 2. The molecule has 0 saturated carbocycles. The number of urea groups is 2. The number of alkyl carbamates (subject to hydrolysis) is 2. The summed E-state index contributed by atoms with van der Waals surface area (Å²) in [5.74, 6) is 14.8. The van der Waals surface area contributed by atoms with Crippen LogP contribution < -0.4 is 65.7 Å². The normalized spacial score (nSPS) is 24.4. The van der Waals surface area contributed by atoms with Crippen LogP contribution in [0.1, 0.15) is 91.9 Å². The van der Waals surface area contributed by atoms with Crippen LogP contribution in [-0.4, -0.2) is 253 Å². The summed E-state index contributed by atoms with van der Waals surface area (Å²) >= 11 is 0. The fourth-order valence-corrected chi connectivity index (χ4v) is 15.1. The van der Waals surface area contributed by atoms with Crippen LogP contribution in [0, 0.1) is 35.5 Å². The van der Waals surface area contributed by atoms with Crippen LogP contribution in [0.15, 0.2) is 39.3 Å². The minimum atomic E-state index is -5.76. The molecular weight excluding hydrogens is 1650 g/mol. The predicted molar refractivity (Wildman–Crippen MR) is 377 cm³/mol. The van der Waals surface area contributed by atoms with Gasteiger partial charge in [0.15, 0.2) is 0 Å². The topological polar surface area (TPSA) is 790 Å². The van der Waals surface area contributed by atoms with Crippen LogP contribution in [0.2, 0.25) is 0 Å². The summed E-state index contributed by atoms with van der Waals surface area (Å²) in [6.45, 7) is 8.13. The second kappa shape index (κ2) is 43.1. The highest BCUT2D eigenvalue weighted by atomic mass is 31.3. The SMILES string of the molecule is CC(C)(C)OC(=O)NCCC(=O)NCC#CC1=CN(C2CC(O)C(CO)O2)C(=O)NC1N.CC(C)(C)OC(=O)NCCC(=O)NCC#Cc1cn(C2CC(O)C(COP(=O)(O)OP(=O)(O)OP(=O)(O)O)O2)c(=O)[nH]c1=O.NCCC(=O)NCC#CC1=CN(C2CC(O)C(COP(=O)(O)OP(=O)(O)OP(=O)(O)O)O2)C(=O)NC1N. The molecule has 636 valence electrons. The number of hydrogen-bond donors (Lipinski definition) is 23. The van der Waals surface area contributed by atoms with E-state index in [9.17, 15) is 106 Å². The van der Waals surface area contributed by atoms with Gasteiger partial charge in [-0.05, 0) is 41.5 Å². The fraction of sp³-hybridized carbons (Fsp3) is 0.618. The third kappa shape index (κ3) is 37.1. The first-order valence-corrected chi connectivity index (χ1v) is 41.7. The van der Waals surface area contributed by atoms with Gasteiger partial charge in [-0.15, -0.1) is 0 Å². The van der Waals surface area contributed by atoms with E-state index in [2.05, 4.69) is 99.0 Å². The molecule has 3 saturated heterocycles. The number of phosphoric acid groups is 6. The van der Waals surface area contributed by atoms with Gasteiger partial charge in [0.1, 0.15) is 66.1 Å². The summed E-state index contributed by atoms with van der Waals surface area (Å²) < 4.78 is 119. The zero-order valence-electron chi connectivity index (χ0n) is 60.4. The number of hydrogen-bond acceptors (Lipinski definition) is 33. The zero-order chi connectivity index (χ0) is 85.4. The molecule has 0 aromatic carbocycles. The van der Waals surface area contributed by atoms with Gasteiger partial charge in [0.25, 0.3) is 5.56 Å². The zero-order valence-corrected chi connectivity index (χ0v) is 65.8. The molecule has 5 aliphatic heterocycles. The van der Waals surface area contributed by atoms with Crippen molar-refractivity contribution >= 4 is 88.9 Å². The van der Waals surface area contributed by atoms with E-state index < -0.39 is 180 Å². The fourth-order valence-electron chi connectivity index (χ4n) is 9.09. The maximum atomic E-state index is 12.4. The Balaban J connectivity index is 0.000000362. The molecule has 26 N–H and O–H groups in total. The highest BCUT2D eigenvalue weighted by Crippen LogP contribution is 2.67. The maximum Gasteiger partial charge on any atom is 0.490 e. The number of nitrogens with two attached hydrogens (primary N) is 3. The summed E-state index contributed by atoms with van der Waals surface area (Å²) in [6.07, 6.45) is -10.1. The summed E-state index contributed by atoms with van der Waals surface area (Å²) in [5.41, 5.74) is 14.2. The molecular formula is C55H88N14O38P6. The van der Waals surface area contributed by atoms with Crippen LogP contribution in [0.3, 0.4) is 0 Å². The third-order valence-corrected chi connectivity index (χ3v) is 21.4. The average molecular weight is 1740 g/mol. The summed E-state index contributed by atoms with van der Waals surface area (Å²) in [6, 6.07) is -1.23. The minimum absolute atomic E-state index is 0.00573. The molecule has 0 radical (unpaired) electrons. The highest BCUT2D eigenvalue weighted by Gasteiger charge is 2.47. The van der Waals surface area contributed by atoms with Crippen molar-refractivity contribution in [3.05, 3.63) is 56.1 Å². The van der Waals surface area contributed by atoms with Crippen molar-refractivity contribution < 1.29 is 170 Å². The summed E-state index contributed by atoms with van der Waals surface area (Å²) in [4.78, 5) is 183. The predicted octanol–water partition coefficient (Wildman–Crippen LogP) is -4.94. The number of H-pyrrole nitrogens is 1. The van der Waals surface area contributed by atoms with E-state index in [0.29, 0.717) is 5.57 Å². The van der Waals surface area contributed by atoms with Crippen molar-refractivity contribution in [2.24, 2.45) is 17.2 Å². The molecule has 1 aromatic rings. The number of aliphatic hydroxyl groups is 4. The third-order valence-electron chi connectivity index (χ3n) is 13.8. The number of carbonyl (C=O) groups excluding carboxylic acids is 7. The van der Waals surface area contributed by atoms with Crippen molar-refractivity contribution in [2.75, 3.05) is 59.1 Å².